The number of benzene rings is 1. The van der Waals surface area contributed by atoms with Gasteiger partial charge in [0.25, 0.3) is 0 Å². The molecule has 0 aromatic heterocycles. The van der Waals surface area contributed by atoms with Gasteiger partial charge < -0.3 is 9.64 Å². The predicted octanol–water partition coefficient (Wildman–Crippen LogP) is 3.74. The molecule has 21 heavy (non-hydrogen) atoms. The molecular weight excluding hydrogens is 262 g/mol. The number of carbonyl (C=O) groups excluding carboxylic acids is 1. The molecule has 0 saturated carbocycles. The van der Waals surface area contributed by atoms with E-state index < -0.39 is 0 Å². The summed E-state index contributed by atoms with van der Waals surface area (Å²) in [5.41, 5.74) is 0. The maximum absolute atomic E-state index is 12.0. The average Bonchev–Trinajstić information content (AvgIpc) is 2.48. The Hall–Kier alpha value is -1.51. The van der Waals surface area contributed by atoms with Crippen LogP contribution in [0, 0.1) is 11.8 Å². The first-order chi connectivity index (χ1) is 10.1. The summed E-state index contributed by atoms with van der Waals surface area (Å²) in [6.07, 6.45) is 3.99. The number of carbonyl (C=O) groups is 1. The molecule has 0 radical (unpaired) electrons. The first-order valence-corrected chi connectivity index (χ1v) is 8.10. The highest BCUT2D eigenvalue weighted by atomic mass is 16.5. The van der Waals surface area contributed by atoms with Crippen molar-refractivity contribution in [1.82, 2.24) is 4.90 Å². The molecule has 1 aromatic rings. The van der Waals surface area contributed by atoms with Gasteiger partial charge in [-0.2, -0.15) is 0 Å². The van der Waals surface area contributed by atoms with Crippen LogP contribution in [0.1, 0.15) is 39.5 Å². The van der Waals surface area contributed by atoms with Crippen molar-refractivity contribution >= 4 is 5.91 Å². The third kappa shape index (κ3) is 5.41. The van der Waals surface area contributed by atoms with Gasteiger partial charge in [-0.1, -0.05) is 32.0 Å². The van der Waals surface area contributed by atoms with E-state index in [1.165, 1.54) is 0 Å². The topological polar surface area (TPSA) is 29.5 Å². The summed E-state index contributed by atoms with van der Waals surface area (Å²) < 4.78 is 5.76. The minimum Gasteiger partial charge on any atom is -0.494 e. The van der Waals surface area contributed by atoms with E-state index in [1.54, 1.807) is 0 Å². The quantitative estimate of drug-likeness (QED) is 0.798. The molecule has 1 amide bonds. The molecule has 0 bridgehead atoms. The summed E-state index contributed by atoms with van der Waals surface area (Å²) in [6, 6.07) is 9.97. The fourth-order valence-corrected chi connectivity index (χ4v) is 2.81. The Bertz CT molecular complexity index is 422. The van der Waals surface area contributed by atoms with Gasteiger partial charge in [0, 0.05) is 19.5 Å². The van der Waals surface area contributed by atoms with Gasteiger partial charge in [0.05, 0.1) is 6.61 Å². The van der Waals surface area contributed by atoms with Crippen LogP contribution in [0.3, 0.4) is 0 Å². The minimum absolute atomic E-state index is 0.323. The van der Waals surface area contributed by atoms with E-state index in [4.69, 9.17) is 4.74 Å². The summed E-state index contributed by atoms with van der Waals surface area (Å²) in [6.45, 7) is 6.81. The van der Waals surface area contributed by atoms with E-state index in [1.807, 2.05) is 35.2 Å². The maximum atomic E-state index is 12.0. The zero-order chi connectivity index (χ0) is 15.1. The van der Waals surface area contributed by atoms with Crippen molar-refractivity contribution in [1.29, 1.82) is 0 Å². The molecule has 0 spiro atoms. The molecule has 1 saturated heterocycles. The van der Waals surface area contributed by atoms with Crippen LogP contribution in [0.15, 0.2) is 30.3 Å². The average molecular weight is 289 g/mol. The van der Waals surface area contributed by atoms with Crippen molar-refractivity contribution in [2.24, 2.45) is 11.8 Å². The molecule has 1 aliphatic heterocycles. The van der Waals surface area contributed by atoms with Crippen molar-refractivity contribution in [3.63, 3.8) is 0 Å². The number of likely N-dealkylation sites (tertiary alicyclic amines) is 1. The van der Waals surface area contributed by atoms with Crippen LogP contribution in [0.25, 0.3) is 0 Å². The van der Waals surface area contributed by atoms with Crippen LogP contribution in [0.4, 0.5) is 0 Å². The smallest absolute Gasteiger partial charge is 0.222 e. The largest absolute Gasteiger partial charge is 0.494 e. The van der Waals surface area contributed by atoms with Crippen LogP contribution in [-0.4, -0.2) is 30.5 Å². The lowest BCUT2D eigenvalue weighted by molar-refractivity contribution is -0.133. The highest BCUT2D eigenvalue weighted by Crippen LogP contribution is 2.22. The summed E-state index contributed by atoms with van der Waals surface area (Å²) in [4.78, 5) is 14.1. The second kappa shape index (κ2) is 8.06. The molecule has 3 heteroatoms. The Kier molecular flexibility index (Phi) is 6.09. The summed E-state index contributed by atoms with van der Waals surface area (Å²) >= 11 is 0. The molecular formula is C18H27NO2. The number of piperidine rings is 1. The SMILES string of the molecule is CC(C)CC(=O)N1CCC(CCOc2ccccc2)CC1. The van der Waals surface area contributed by atoms with Crippen molar-refractivity contribution in [2.75, 3.05) is 19.7 Å². The van der Waals surface area contributed by atoms with Crippen LogP contribution >= 0.6 is 0 Å². The predicted molar refractivity (Wildman–Crippen MR) is 85.3 cm³/mol. The first-order valence-electron chi connectivity index (χ1n) is 8.10. The molecule has 1 heterocycles. The summed E-state index contributed by atoms with van der Waals surface area (Å²) in [5.74, 6) is 2.41. The van der Waals surface area contributed by atoms with Crippen molar-refractivity contribution in [2.45, 2.75) is 39.5 Å². The summed E-state index contributed by atoms with van der Waals surface area (Å²) in [7, 11) is 0. The van der Waals surface area contributed by atoms with Crippen LogP contribution in [0.2, 0.25) is 0 Å². The third-order valence-corrected chi connectivity index (χ3v) is 4.09. The van der Waals surface area contributed by atoms with E-state index in [9.17, 15) is 4.79 Å². The second-order valence-electron chi connectivity index (χ2n) is 6.37. The fraction of sp³-hybridized carbons (Fsp3) is 0.611. The fourth-order valence-electron chi connectivity index (χ4n) is 2.81. The third-order valence-electron chi connectivity index (χ3n) is 4.09. The lowest BCUT2D eigenvalue weighted by atomic mass is 9.93. The number of ether oxygens (including phenoxy) is 1. The number of para-hydroxylation sites is 1. The normalized spacial score (nSPS) is 16.2. The highest BCUT2D eigenvalue weighted by Gasteiger charge is 2.22. The van der Waals surface area contributed by atoms with Gasteiger partial charge in [-0.25, -0.2) is 0 Å². The number of amides is 1. The zero-order valence-corrected chi connectivity index (χ0v) is 13.3. The highest BCUT2D eigenvalue weighted by molar-refractivity contribution is 5.76. The number of nitrogens with zero attached hydrogens (tertiary/aromatic N) is 1. The van der Waals surface area contributed by atoms with Crippen molar-refractivity contribution in [3.8, 4) is 5.75 Å². The monoisotopic (exact) mass is 289 g/mol. The molecule has 0 N–H and O–H groups in total. The minimum atomic E-state index is 0.323. The van der Waals surface area contributed by atoms with Crippen LogP contribution in [0.5, 0.6) is 5.75 Å². The van der Waals surface area contributed by atoms with Gasteiger partial charge in [-0.05, 0) is 43.2 Å². The molecule has 0 aliphatic carbocycles. The Labute approximate surface area is 128 Å². The van der Waals surface area contributed by atoms with Crippen LogP contribution in [-0.2, 0) is 4.79 Å². The zero-order valence-electron chi connectivity index (χ0n) is 13.3. The van der Waals surface area contributed by atoms with E-state index >= 15 is 0 Å². The number of hydrogen-bond acceptors (Lipinski definition) is 2. The van der Waals surface area contributed by atoms with Crippen LogP contribution < -0.4 is 4.74 Å². The molecule has 0 unspecified atom stereocenters. The second-order valence-corrected chi connectivity index (χ2v) is 6.37. The van der Waals surface area contributed by atoms with Gasteiger partial charge in [-0.3, -0.25) is 4.79 Å². The molecule has 116 valence electrons. The summed E-state index contributed by atoms with van der Waals surface area (Å²) in [5, 5.41) is 0. The Morgan fingerprint density at radius 1 is 1.24 bits per heavy atom. The van der Waals surface area contributed by atoms with E-state index in [-0.39, 0.29) is 0 Å². The van der Waals surface area contributed by atoms with Gasteiger partial charge >= 0.3 is 0 Å². The van der Waals surface area contributed by atoms with Gasteiger partial charge in [0.15, 0.2) is 0 Å². The van der Waals surface area contributed by atoms with E-state index in [2.05, 4.69) is 13.8 Å². The Balaban J connectivity index is 1.64. The molecule has 3 nitrogen and oxygen atoms in total. The van der Waals surface area contributed by atoms with Crippen molar-refractivity contribution < 1.29 is 9.53 Å². The molecule has 2 rings (SSSR count). The first kappa shape index (κ1) is 15.9. The maximum Gasteiger partial charge on any atom is 0.222 e. The van der Waals surface area contributed by atoms with Gasteiger partial charge in [-0.15, -0.1) is 0 Å². The van der Waals surface area contributed by atoms with E-state index in [0.717, 1.165) is 44.7 Å². The Morgan fingerprint density at radius 3 is 2.52 bits per heavy atom. The molecule has 1 fully saturated rings. The standard InChI is InChI=1S/C18H27NO2/c1-15(2)14-18(20)19-11-8-16(9-12-19)10-13-21-17-6-4-3-5-7-17/h3-7,15-16H,8-14H2,1-2H3. The Morgan fingerprint density at radius 2 is 1.90 bits per heavy atom. The van der Waals surface area contributed by atoms with Gasteiger partial charge in [0.1, 0.15) is 5.75 Å². The molecule has 1 aliphatic rings. The van der Waals surface area contributed by atoms with Crippen molar-refractivity contribution in [3.05, 3.63) is 30.3 Å². The number of rotatable bonds is 6. The lowest BCUT2D eigenvalue weighted by Gasteiger charge is -2.32. The van der Waals surface area contributed by atoms with E-state index in [0.29, 0.717) is 24.2 Å². The number of hydrogen-bond donors (Lipinski definition) is 0. The molecule has 1 aromatic carbocycles. The lowest BCUT2D eigenvalue weighted by Crippen LogP contribution is -2.39. The van der Waals surface area contributed by atoms with Gasteiger partial charge in [0.2, 0.25) is 5.91 Å². The molecule has 0 atom stereocenters.